The van der Waals surface area contributed by atoms with Crippen LogP contribution >= 0.6 is 0 Å². The largest absolute Gasteiger partial charge is 0.394 e. The Hall–Kier alpha value is -0.960. The van der Waals surface area contributed by atoms with Crippen LogP contribution in [0.1, 0.15) is 85.5 Å². The molecule has 10 aliphatic rings. The van der Waals surface area contributed by atoms with Gasteiger partial charge in [-0.25, -0.2) is 0 Å². The van der Waals surface area contributed by atoms with Crippen LogP contribution in [0.4, 0.5) is 0 Å². The van der Waals surface area contributed by atoms with E-state index in [1.807, 2.05) is 0 Å². The fourth-order valence-electron chi connectivity index (χ4n) is 16.2. The van der Waals surface area contributed by atoms with Crippen molar-refractivity contribution in [1.29, 1.82) is 0 Å². The molecule has 432 valence electrons. The number of aliphatic hydroxyl groups is 14. The van der Waals surface area contributed by atoms with Crippen molar-refractivity contribution < 1.29 is 119 Å². The van der Waals surface area contributed by atoms with Gasteiger partial charge in [-0.1, -0.05) is 27.7 Å². The van der Waals surface area contributed by atoms with Crippen LogP contribution < -0.4 is 0 Å². The summed E-state index contributed by atoms with van der Waals surface area (Å²) in [4.78, 5) is 0. The molecule has 0 amide bonds. The van der Waals surface area contributed by atoms with Gasteiger partial charge in [0, 0.05) is 12.3 Å². The lowest BCUT2D eigenvalue weighted by atomic mass is 9.44. The van der Waals surface area contributed by atoms with E-state index in [-0.39, 0.29) is 22.9 Å². The van der Waals surface area contributed by atoms with Gasteiger partial charge >= 0.3 is 0 Å². The Labute approximate surface area is 435 Å². The zero-order valence-corrected chi connectivity index (χ0v) is 43.1. The highest BCUT2D eigenvalue weighted by molar-refractivity contribution is 5.16. The molecular weight excluding hydrogens is 997 g/mol. The molecule has 10 fully saturated rings. The molecule has 0 aromatic rings. The fraction of sp³-hybridized carbons (Fsp3) is 1.00. The molecule has 14 N–H and O–H groups in total. The zero-order chi connectivity index (χ0) is 53.8. The second kappa shape index (κ2) is 22.1. The van der Waals surface area contributed by atoms with Crippen LogP contribution in [0.2, 0.25) is 0 Å². The smallest absolute Gasteiger partial charge is 0.187 e. The van der Waals surface area contributed by atoms with E-state index in [1.165, 1.54) is 0 Å². The molecule has 1 spiro atoms. The normalized spacial score (nSPS) is 58.0. The second-order valence-electron chi connectivity index (χ2n) is 24.5. The molecule has 0 radical (unpaired) electrons. The molecule has 4 aliphatic carbocycles. The van der Waals surface area contributed by atoms with Gasteiger partial charge in [0.2, 0.25) is 0 Å². The maximum absolute atomic E-state index is 12.0. The number of fused-ring (bicyclic) bond motifs is 7. The number of rotatable bonds is 12. The average molecular weight is 1080 g/mol. The summed E-state index contributed by atoms with van der Waals surface area (Å²) in [5.74, 6) is 2.26. The van der Waals surface area contributed by atoms with Crippen molar-refractivity contribution in [3.8, 4) is 0 Å². The minimum Gasteiger partial charge on any atom is -0.394 e. The minimum atomic E-state index is -2.06. The fourth-order valence-corrected chi connectivity index (χ4v) is 16.2. The summed E-state index contributed by atoms with van der Waals surface area (Å²) in [5.41, 5.74) is -0.0790. The third-order valence-electron chi connectivity index (χ3n) is 20.4. The highest BCUT2D eigenvalue weighted by Gasteiger charge is 2.70. The number of aliphatic hydroxyl groups excluding tert-OH is 14. The van der Waals surface area contributed by atoms with E-state index in [4.69, 9.17) is 47.4 Å². The Bertz CT molecular complexity index is 1910. The first kappa shape index (κ1) is 57.3. The number of hydrogen-bond acceptors (Lipinski definition) is 24. The summed E-state index contributed by atoms with van der Waals surface area (Å²) in [6.45, 7) is 6.57. The van der Waals surface area contributed by atoms with E-state index in [2.05, 4.69) is 27.7 Å². The average Bonchev–Trinajstić information content (AvgIpc) is 3.84. The monoisotopic (exact) mass is 1080 g/mol. The molecule has 0 unspecified atom stereocenters. The van der Waals surface area contributed by atoms with E-state index in [9.17, 15) is 71.5 Å². The molecule has 0 bridgehead atoms. The van der Waals surface area contributed by atoms with Crippen molar-refractivity contribution in [3.63, 3.8) is 0 Å². The quantitative estimate of drug-likeness (QED) is 0.0830. The maximum Gasteiger partial charge on any atom is 0.187 e. The summed E-state index contributed by atoms with van der Waals surface area (Å²) in [6.07, 6.45) is -30.3. The van der Waals surface area contributed by atoms with Gasteiger partial charge < -0.3 is 119 Å². The second-order valence-corrected chi connectivity index (χ2v) is 24.5. The van der Waals surface area contributed by atoms with Crippen LogP contribution in [0.5, 0.6) is 0 Å². The summed E-state index contributed by atoms with van der Waals surface area (Å²) in [5, 5.41) is 152. The van der Waals surface area contributed by atoms with Crippen molar-refractivity contribution in [2.45, 2.75) is 232 Å². The van der Waals surface area contributed by atoms with Gasteiger partial charge in [-0.15, -0.1) is 0 Å². The lowest BCUT2D eigenvalue weighted by molar-refractivity contribution is -0.407. The van der Waals surface area contributed by atoms with E-state index < -0.39 is 167 Å². The first-order chi connectivity index (χ1) is 35.6. The highest BCUT2D eigenvalue weighted by atomic mass is 16.8. The maximum atomic E-state index is 12.0. The van der Waals surface area contributed by atoms with Crippen LogP contribution in [0.3, 0.4) is 0 Å². The molecule has 6 heterocycles. The predicted octanol–water partition coefficient (Wildman–Crippen LogP) is -3.94. The van der Waals surface area contributed by atoms with Crippen molar-refractivity contribution in [1.82, 2.24) is 0 Å². The van der Waals surface area contributed by atoms with Crippen LogP contribution in [0.15, 0.2) is 0 Å². The van der Waals surface area contributed by atoms with Gasteiger partial charge in [0.15, 0.2) is 30.9 Å². The summed E-state index contributed by atoms with van der Waals surface area (Å²) in [6, 6.07) is 0. The summed E-state index contributed by atoms with van der Waals surface area (Å²) < 4.78 is 61.2. The molecule has 6 aliphatic heterocycles. The van der Waals surface area contributed by atoms with Crippen LogP contribution in [-0.2, 0) is 47.4 Å². The molecule has 75 heavy (non-hydrogen) atoms. The van der Waals surface area contributed by atoms with Gasteiger partial charge in [0.05, 0.1) is 51.3 Å². The van der Waals surface area contributed by atoms with Gasteiger partial charge in [-0.2, -0.15) is 0 Å². The Morgan fingerprint density at radius 1 is 0.493 bits per heavy atom. The molecule has 33 atom stereocenters. The van der Waals surface area contributed by atoms with Crippen LogP contribution in [-0.4, -0.2) is 251 Å². The van der Waals surface area contributed by atoms with Crippen molar-refractivity contribution >= 4 is 0 Å². The Kier molecular flexibility index (Phi) is 16.9. The first-order valence-corrected chi connectivity index (χ1v) is 27.4. The molecule has 10 rings (SSSR count). The van der Waals surface area contributed by atoms with Gasteiger partial charge in [-0.3, -0.25) is 0 Å². The molecular formula is C51H84O24. The summed E-state index contributed by atoms with van der Waals surface area (Å²) >= 11 is 0. The van der Waals surface area contributed by atoms with Crippen molar-refractivity contribution in [2.75, 3.05) is 33.0 Å². The van der Waals surface area contributed by atoms with Crippen LogP contribution in [0.25, 0.3) is 0 Å². The zero-order valence-electron chi connectivity index (χ0n) is 43.1. The third kappa shape index (κ3) is 9.79. The number of hydrogen-bond donors (Lipinski definition) is 14. The first-order valence-electron chi connectivity index (χ1n) is 27.4. The molecule has 0 aromatic heterocycles. The molecule has 4 saturated carbocycles. The molecule has 0 aromatic carbocycles. The van der Waals surface area contributed by atoms with E-state index >= 15 is 0 Å². The van der Waals surface area contributed by atoms with Crippen molar-refractivity contribution in [2.24, 2.45) is 52.3 Å². The Balaban J connectivity index is 0.831. The highest BCUT2D eigenvalue weighted by Crippen LogP contribution is 2.71. The molecule has 24 nitrogen and oxygen atoms in total. The van der Waals surface area contributed by atoms with Gasteiger partial charge in [-0.05, 0) is 97.7 Å². The minimum absolute atomic E-state index is 0.121. The van der Waals surface area contributed by atoms with Gasteiger partial charge in [0.1, 0.15) is 97.7 Å². The standard InChI is InChI=1S/C51H84O24/c1-19-7-10-51(66-18-19)20(2)32-27(75-51)12-24-22-6-5-21-11-26(25(56)13-50(21,4)23(22)8-9-49(24,32)3)67-45-41(65)38(62)42(31(17-55)71-45)72-48-44(74-47-40(64)37(61)34(58)29(15-53)69-47)43(35(59)30(16-54)70-48)73-46-39(63)36(60)33(57)28(14-52)68-46/h19-48,52-65H,5-18H2,1-4H3/t19-,20+,21+,22-,23+,24+,25-,26-,27+,28-,29-,30-,31-,32+,33-,34-,35-,36+,37+,38-,39-,40-,41-,42+,43+,44-,45-,46+,47+,48+,49+,50+,51-/m1/s1. The SMILES string of the molecule is C[C@@H]1CC[C@@]2(OC1)O[C@H]1C[C@H]3[C@@H]4CC[C@H]5C[C@@H](O[C@@H]6O[C@H](CO)[C@H](O[C@@H]7O[C@H](CO)[C@@H](O)[C@H](O[C@@H]8O[C@H](CO)[C@@H](O)[C@H](O)[C@H]8O)[C@H]7O[C@@H]7O[C@H](CO)[C@@H](O)[C@H](O)[C@H]7O)[C@H](O)[C@H]6O)[C@H](O)C[C@]5(C)[C@H]4CC[C@]3(C)[C@H]1[C@@H]2C. The lowest BCUT2D eigenvalue weighted by Gasteiger charge is -2.62. The third-order valence-corrected chi connectivity index (χ3v) is 20.4. The van der Waals surface area contributed by atoms with Crippen LogP contribution in [0, 0.1) is 52.3 Å². The van der Waals surface area contributed by atoms with E-state index in [0.717, 1.165) is 51.6 Å². The van der Waals surface area contributed by atoms with E-state index in [0.29, 0.717) is 48.3 Å². The topological polar surface area (TPSA) is 376 Å². The lowest BCUT2D eigenvalue weighted by Crippen LogP contribution is -2.69. The molecule has 6 saturated heterocycles. The Morgan fingerprint density at radius 3 is 1.64 bits per heavy atom. The van der Waals surface area contributed by atoms with E-state index in [1.54, 1.807) is 0 Å². The van der Waals surface area contributed by atoms with Crippen molar-refractivity contribution in [3.05, 3.63) is 0 Å². The summed E-state index contributed by atoms with van der Waals surface area (Å²) in [7, 11) is 0. The van der Waals surface area contributed by atoms with Gasteiger partial charge in [0.25, 0.3) is 0 Å². The Morgan fingerprint density at radius 2 is 1.04 bits per heavy atom. The number of ether oxygens (including phenoxy) is 10. The molecule has 24 heteroatoms. The predicted molar refractivity (Wildman–Crippen MR) is 250 cm³/mol.